The van der Waals surface area contributed by atoms with Crippen LogP contribution in [0.1, 0.15) is 65.0 Å². The third-order valence-electron chi connectivity index (χ3n) is 6.17. The number of fused-ring (bicyclic) bond motifs is 2. The van der Waals surface area contributed by atoms with Gasteiger partial charge in [0, 0.05) is 17.5 Å². The number of hydrogen-bond donors (Lipinski definition) is 0. The molecule has 0 radical (unpaired) electrons. The van der Waals surface area contributed by atoms with Gasteiger partial charge in [-0.3, -0.25) is 19.4 Å². The van der Waals surface area contributed by atoms with E-state index in [9.17, 15) is 9.59 Å². The lowest BCUT2D eigenvalue weighted by atomic mass is 9.96. The van der Waals surface area contributed by atoms with Gasteiger partial charge >= 0.3 is 5.91 Å². The van der Waals surface area contributed by atoms with Crippen LogP contribution in [0.3, 0.4) is 0 Å². The number of amides is 1. The Balaban J connectivity index is 1.46. The van der Waals surface area contributed by atoms with Crippen molar-refractivity contribution in [3.8, 4) is 0 Å². The molecule has 0 saturated heterocycles. The third-order valence-corrected chi connectivity index (χ3v) is 7.17. The van der Waals surface area contributed by atoms with Crippen LogP contribution in [-0.4, -0.2) is 29.8 Å². The summed E-state index contributed by atoms with van der Waals surface area (Å²) in [5.74, 6) is 0.292. The molecule has 1 aromatic heterocycles. The molecule has 5 heteroatoms. The molecule has 0 spiro atoms. The van der Waals surface area contributed by atoms with E-state index in [4.69, 9.17) is 0 Å². The van der Waals surface area contributed by atoms with E-state index in [2.05, 4.69) is 30.2 Å². The van der Waals surface area contributed by atoms with Crippen molar-refractivity contribution in [2.45, 2.75) is 45.1 Å². The lowest BCUT2D eigenvalue weighted by Crippen LogP contribution is -2.45. The standard InChI is InChI=1S/C22H24N2O2S/c1-13(2)15-5-6-18-17(11-15)21(25)22(26)24(18)12-23-9-7-19-16(8-10-27-19)20(23)14-3-4-14/h5-6,8,10-11,13-14,20H,3-4,7,9,12H2,1-2H3/t20-/m1/s1. The Kier molecular flexibility index (Phi) is 3.99. The molecule has 5 rings (SSSR count). The molecule has 0 N–H and O–H groups in total. The summed E-state index contributed by atoms with van der Waals surface area (Å²) in [7, 11) is 0. The summed E-state index contributed by atoms with van der Waals surface area (Å²) in [6, 6.07) is 8.57. The second-order valence-electron chi connectivity index (χ2n) is 8.28. The first-order chi connectivity index (χ1) is 13.0. The number of carbonyl (C=O) groups excluding carboxylic acids is 2. The van der Waals surface area contributed by atoms with Crippen molar-refractivity contribution in [2.75, 3.05) is 18.1 Å². The topological polar surface area (TPSA) is 40.6 Å². The van der Waals surface area contributed by atoms with Crippen molar-refractivity contribution in [3.63, 3.8) is 0 Å². The molecule has 0 bridgehead atoms. The number of Topliss-reactive ketones (excluding diaryl/α,β-unsaturated/α-hetero) is 1. The van der Waals surface area contributed by atoms with Crippen molar-refractivity contribution >= 4 is 28.7 Å². The van der Waals surface area contributed by atoms with Gasteiger partial charge in [0.05, 0.1) is 17.9 Å². The first-order valence-corrected chi connectivity index (χ1v) is 10.7. The highest BCUT2D eigenvalue weighted by Gasteiger charge is 2.43. The van der Waals surface area contributed by atoms with Gasteiger partial charge in [0.1, 0.15) is 0 Å². The zero-order valence-corrected chi connectivity index (χ0v) is 16.6. The molecule has 3 heterocycles. The van der Waals surface area contributed by atoms with Crippen LogP contribution < -0.4 is 4.90 Å². The monoisotopic (exact) mass is 380 g/mol. The summed E-state index contributed by atoms with van der Waals surface area (Å²) in [6.45, 7) is 5.67. The molecule has 140 valence electrons. The molecule has 1 atom stereocenters. The Morgan fingerprint density at radius 2 is 2.00 bits per heavy atom. The predicted octanol–water partition coefficient (Wildman–Crippen LogP) is 4.37. The van der Waals surface area contributed by atoms with E-state index in [1.807, 2.05) is 29.5 Å². The van der Waals surface area contributed by atoms with Crippen LogP contribution >= 0.6 is 11.3 Å². The molecule has 1 fully saturated rings. The largest absolute Gasteiger partial charge is 0.300 e. The smallest absolute Gasteiger partial charge is 0.291 e. The molecule has 2 aromatic rings. The fraction of sp³-hybridized carbons (Fsp3) is 0.455. The van der Waals surface area contributed by atoms with Gasteiger partial charge in [-0.25, -0.2) is 0 Å². The zero-order valence-electron chi connectivity index (χ0n) is 15.8. The Morgan fingerprint density at radius 1 is 1.19 bits per heavy atom. The van der Waals surface area contributed by atoms with E-state index < -0.39 is 0 Å². The maximum Gasteiger partial charge on any atom is 0.300 e. The average Bonchev–Trinajstić information content (AvgIpc) is 3.34. The number of hydrogen-bond acceptors (Lipinski definition) is 4. The number of thiophene rings is 1. The molecule has 1 saturated carbocycles. The highest BCUT2D eigenvalue weighted by molar-refractivity contribution is 7.10. The third kappa shape index (κ3) is 2.75. The number of rotatable bonds is 4. The Hall–Kier alpha value is -1.98. The highest BCUT2D eigenvalue weighted by Crippen LogP contribution is 2.48. The summed E-state index contributed by atoms with van der Waals surface area (Å²) in [5.41, 5.74) is 3.90. The molecule has 1 amide bonds. The molecule has 2 aliphatic heterocycles. The minimum atomic E-state index is -0.378. The van der Waals surface area contributed by atoms with Gasteiger partial charge in [-0.1, -0.05) is 19.9 Å². The van der Waals surface area contributed by atoms with Gasteiger partial charge < -0.3 is 0 Å². The lowest BCUT2D eigenvalue weighted by molar-refractivity contribution is -0.114. The lowest BCUT2D eigenvalue weighted by Gasteiger charge is -2.38. The number of benzene rings is 1. The predicted molar refractivity (Wildman–Crippen MR) is 107 cm³/mol. The van der Waals surface area contributed by atoms with Crippen LogP contribution in [0.5, 0.6) is 0 Å². The second kappa shape index (κ2) is 6.28. The van der Waals surface area contributed by atoms with Crippen LogP contribution in [0.25, 0.3) is 0 Å². The Labute approximate surface area is 163 Å². The normalized spacial score (nSPS) is 22.5. The fourth-order valence-electron chi connectivity index (χ4n) is 4.52. The van der Waals surface area contributed by atoms with E-state index >= 15 is 0 Å². The van der Waals surface area contributed by atoms with E-state index in [1.165, 1.54) is 23.3 Å². The summed E-state index contributed by atoms with van der Waals surface area (Å²) in [5, 5.41) is 2.19. The van der Waals surface area contributed by atoms with Crippen molar-refractivity contribution < 1.29 is 9.59 Å². The van der Waals surface area contributed by atoms with Gasteiger partial charge in [-0.2, -0.15) is 0 Å². The highest BCUT2D eigenvalue weighted by atomic mass is 32.1. The summed E-state index contributed by atoms with van der Waals surface area (Å²) >= 11 is 1.85. The second-order valence-corrected chi connectivity index (χ2v) is 9.28. The van der Waals surface area contributed by atoms with Crippen LogP contribution in [0.2, 0.25) is 0 Å². The molecule has 1 aromatic carbocycles. The van der Waals surface area contributed by atoms with Gasteiger partial charge in [0.25, 0.3) is 5.78 Å². The van der Waals surface area contributed by atoms with Gasteiger partial charge in [0.15, 0.2) is 0 Å². The molecular weight excluding hydrogens is 356 g/mol. The molecular formula is C22H24N2O2S. The molecule has 4 nitrogen and oxygen atoms in total. The molecule has 0 unspecified atom stereocenters. The Morgan fingerprint density at radius 3 is 2.74 bits per heavy atom. The average molecular weight is 381 g/mol. The van der Waals surface area contributed by atoms with E-state index in [0.717, 1.165) is 24.2 Å². The molecule has 27 heavy (non-hydrogen) atoms. The van der Waals surface area contributed by atoms with E-state index in [0.29, 0.717) is 30.1 Å². The van der Waals surface area contributed by atoms with E-state index in [1.54, 1.807) is 4.90 Å². The summed E-state index contributed by atoms with van der Waals surface area (Å²) in [4.78, 5) is 31.0. The number of ketones is 1. The van der Waals surface area contributed by atoms with Gasteiger partial charge in [-0.05, 0) is 65.8 Å². The van der Waals surface area contributed by atoms with Crippen molar-refractivity contribution in [3.05, 3.63) is 51.2 Å². The zero-order chi connectivity index (χ0) is 18.7. The van der Waals surface area contributed by atoms with Gasteiger partial charge in [0.2, 0.25) is 0 Å². The molecule has 1 aliphatic carbocycles. The maximum absolute atomic E-state index is 12.8. The number of carbonyl (C=O) groups is 2. The fourth-order valence-corrected chi connectivity index (χ4v) is 5.43. The molecule has 3 aliphatic rings. The SMILES string of the molecule is CC(C)c1ccc2c(c1)C(=O)C(=O)N2CN1CCc2sccc2[C@H]1C1CC1. The Bertz CT molecular complexity index is 928. The quantitative estimate of drug-likeness (QED) is 0.740. The number of anilines is 1. The van der Waals surface area contributed by atoms with Crippen molar-refractivity contribution in [1.29, 1.82) is 0 Å². The minimum Gasteiger partial charge on any atom is -0.291 e. The maximum atomic E-state index is 12.8. The number of nitrogens with zero attached hydrogens (tertiary/aromatic N) is 2. The van der Waals surface area contributed by atoms with E-state index in [-0.39, 0.29) is 11.7 Å². The van der Waals surface area contributed by atoms with Crippen LogP contribution in [0.4, 0.5) is 5.69 Å². The first kappa shape index (κ1) is 17.1. The van der Waals surface area contributed by atoms with Crippen LogP contribution in [0, 0.1) is 5.92 Å². The minimum absolute atomic E-state index is 0.339. The first-order valence-electron chi connectivity index (χ1n) is 9.85. The summed E-state index contributed by atoms with van der Waals surface area (Å²) < 4.78 is 0. The van der Waals surface area contributed by atoms with Gasteiger partial charge in [-0.15, -0.1) is 11.3 Å². The summed E-state index contributed by atoms with van der Waals surface area (Å²) in [6.07, 6.45) is 3.56. The van der Waals surface area contributed by atoms with Crippen LogP contribution in [0.15, 0.2) is 29.6 Å². The van der Waals surface area contributed by atoms with Crippen LogP contribution in [-0.2, 0) is 11.2 Å². The van der Waals surface area contributed by atoms with Crippen molar-refractivity contribution in [2.24, 2.45) is 5.92 Å². The van der Waals surface area contributed by atoms with Crippen molar-refractivity contribution in [1.82, 2.24) is 4.90 Å².